The Morgan fingerprint density at radius 3 is 2.67 bits per heavy atom. The standard InChI is InChI=1S/C16H21NO4/c1-20-12-16-8-15(9-16,11-18)10-17(16)14(19)21-7-13-5-3-2-4-6-13/h2-6,18H,7-12H2,1H3. The summed E-state index contributed by atoms with van der Waals surface area (Å²) in [6, 6.07) is 9.63. The molecule has 1 aliphatic carbocycles. The maximum Gasteiger partial charge on any atom is 0.410 e. The molecule has 0 atom stereocenters. The smallest absolute Gasteiger partial charge is 0.410 e. The first-order valence-electron chi connectivity index (χ1n) is 7.21. The van der Waals surface area contributed by atoms with Crippen LogP contribution in [0.3, 0.4) is 0 Å². The number of hydrogen-bond acceptors (Lipinski definition) is 4. The second-order valence-corrected chi connectivity index (χ2v) is 6.30. The van der Waals surface area contributed by atoms with E-state index in [0.717, 1.165) is 18.4 Å². The van der Waals surface area contributed by atoms with Crippen molar-refractivity contribution in [2.45, 2.75) is 25.0 Å². The summed E-state index contributed by atoms with van der Waals surface area (Å²) < 4.78 is 10.7. The predicted octanol–water partition coefficient (Wildman–Crippen LogP) is 1.80. The number of aliphatic hydroxyl groups excluding tert-OH is 1. The molecule has 0 spiro atoms. The molecular weight excluding hydrogens is 270 g/mol. The molecule has 4 rings (SSSR count). The summed E-state index contributed by atoms with van der Waals surface area (Å²) in [5.74, 6) is 0. The lowest BCUT2D eigenvalue weighted by Crippen LogP contribution is -2.54. The quantitative estimate of drug-likeness (QED) is 0.898. The van der Waals surface area contributed by atoms with Gasteiger partial charge in [-0.1, -0.05) is 30.3 Å². The molecule has 1 aromatic rings. The highest BCUT2D eigenvalue weighted by atomic mass is 16.6. The van der Waals surface area contributed by atoms with Crippen LogP contribution in [0.5, 0.6) is 0 Å². The highest BCUT2D eigenvalue weighted by molar-refractivity contribution is 5.70. The molecule has 5 heteroatoms. The Balaban J connectivity index is 1.64. The Labute approximate surface area is 124 Å². The average molecular weight is 291 g/mol. The van der Waals surface area contributed by atoms with Crippen molar-refractivity contribution < 1.29 is 19.4 Å². The molecular formula is C16H21NO4. The van der Waals surface area contributed by atoms with Crippen molar-refractivity contribution in [1.29, 1.82) is 0 Å². The van der Waals surface area contributed by atoms with Gasteiger partial charge in [0.05, 0.1) is 18.8 Å². The first-order chi connectivity index (χ1) is 10.1. The van der Waals surface area contributed by atoms with Gasteiger partial charge in [0.25, 0.3) is 0 Å². The minimum Gasteiger partial charge on any atom is -0.445 e. The van der Waals surface area contributed by atoms with Crippen LogP contribution in [-0.2, 0) is 16.1 Å². The summed E-state index contributed by atoms with van der Waals surface area (Å²) in [5.41, 5.74) is 0.533. The van der Waals surface area contributed by atoms with E-state index in [0.29, 0.717) is 13.2 Å². The molecule has 2 bridgehead atoms. The summed E-state index contributed by atoms with van der Waals surface area (Å²) in [5, 5.41) is 9.53. The van der Waals surface area contributed by atoms with E-state index < -0.39 is 0 Å². The zero-order chi connectivity index (χ0) is 14.9. The van der Waals surface area contributed by atoms with Crippen LogP contribution in [0.4, 0.5) is 4.79 Å². The molecule has 2 aliphatic heterocycles. The molecule has 114 valence electrons. The van der Waals surface area contributed by atoms with Gasteiger partial charge in [-0.25, -0.2) is 4.79 Å². The van der Waals surface area contributed by atoms with E-state index in [4.69, 9.17) is 9.47 Å². The predicted molar refractivity (Wildman–Crippen MR) is 76.7 cm³/mol. The van der Waals surface area contributed by atoms with E-state index in [1.807, 2.05) is 30.3 Å². The molecule has 2 heterocycles. The van der Waals surface area contributed by atoms with Gasteiger partial charge in [0.1, 0.15) is 6.61 Å². The van der Waals surface area contributed by atoms with Crippen molar-refractivity contribution in [3.05, 3.63) is 35.9 Å². The molecule has 1 saturated carbocycles. The second-order valence-electron chi connectivity index (χ2n) is 6.30. The van der Waals surface area contributed by atoms with Crippen molar-refractivity contribution in [3.63, 3.8) is 0 Å². The number of aliphatic hydroxyl groups is 1. The number of ether oxygens (including phenoxy) is 2. The van der Waals surface area contributed by atoms with Crippen molar-refractivity contribution in [3.8, 4) is 0 Å². The van der Waals surface area contributed by atoms with Crippen molar-refractivity contribution in [1.82, 2.24) is 4.90 Å². The lowest BCUT2D eigenvalue weighted by atomic mass is 9.62. The van der Waals surface area contributed by atoms with Crippen LogP contribution in [-0.4, -0.2) is 48.5 Å². The molecule has 5 nitrogen and oxygen atoms in total. The van der Waals surface area contributed by atoms with Crippen LogP contribution in [0.25, 0.3) is 0 Å². The third-order valence-electron chi connectivity index (χ3n) is 4.65. The highest BCUT2D eigenvalue weighted by Crippen LogP contribution is 2.59. The number of hydrogen-bond donors (Lipinski definition) is 1. The maximum absolute atomic E-state index is 12.4. The summed E-state index contributed by atoms with van der Waals surface area (Å²) in [6.45, 7) is 1.43. The second kappa shape index (κ2) is 5.31. The minimum atomic E-state index is -0.316. The third-order valence-corrected chi connectivity index (χ3v) is 4.65. The zero-order valence-corrected chi connectivity index (χ0v) is 12.2. The number of methoxy groups -OCH3 is 1. The van der Waals surface area contributed by atoms with E-state index >= 15 is 0 Å². The zero-order valence-electron chi connectivity index (χ0n) is 12.2. The molecule has 2 saturated heterocycles. The van der Waals surface area contributed by atoms with E-state index in [2.05, 4.69) is 0 Å². The SMILES string of the molecule is COCC12CC(CO)(CN1C(=O)OCc1ccccc1)C2. The average Bonchev–Trinajstić information content (AvgIpc) is 2.97. The Kier molecular flexibility index (Phi) is 3.63. The van der Waals surface area contributed by atoms with Crippen LogP contribution < -0.4 is 0 Å². The number of nitrogens with zero attached hydrogens (tertiary/aromatic N) is 1. The fraction of sp³-hybridized carbons (Fsp3) is 0.562. The first-order valence-corrected chi connectivity index (χ1v) is 7.21. The number of carbonyl (C=O) groups is 1. The summed E-state index contributed by atoms with van der Waals surface area (Å²) >= 11 is 0. The van der Waals surface area contributed by atoms with Crippen molar-refractivity contribution >= 4 is 6.09 Å². The Morgan fingerprint density at radius 1 is 1.33 bits per heavy atom. The summed E-state index contributed by atoms with van der Waals surface area (Å²) in [4.78, 5) is 14.1. The number of rotatable bonds is 5. The molecule has 1 amide bonds. The van der Waals surface area contributed by atoms with Crippen LogP contribution in [0.2, 0.25) is 0 Å². The fourth-order valence-electron chi connectivity index (χ4n) is 3.82. The van der Waals surface area contributed by atoms with Crippen LogP contribution in [0.15, 0.2) is 30.3 Å². The third kappa shape index (κ3) is 2.40. The first kappa shape index (κ1) is 14.4. The van der Waals surface area contributed by atoms with Gasteiger partial charge < -0.3 is 14.6 Å². The monoisotopic (exact) mass is 291 g/mol. The van der Waals surface area contributed by atoms with Gasteiger partial charge in [-0.15, -0.1) is 0 Å². The van der Waals surface area contributed by atoms with Gasteiger partial charge in [0.2, 0.25) is 0 Å². The normalized spacial score (nSPS) is 30.1. The molecule has 0 unspecified atom stereocenters. The van der Waals surface area contributed by atoms with Crippen LogP contribution >= 0.6 is 0 Å². The van der Waals surface area contributed by atoms with E-state index in [1.54, 1.807) is 12.0 Å². The number of carbonyl (C=O) groups excluding carboxylic acids is 1. The van der Waals surface area contributed by atoms with Gasteiger partial charge in [-0.3, -0.25) is 4.90 Å². The lowest BCUT2D eigenvalue weighted by molar-refractivity contribution is -0.0293. The molecule has 0 radical (unpaired) electrons. The molecule has 3 fully saturated rings. The van der Waals surface area contributed by atoms with E-state index in [9.17, 15) is 9.90 Å². The van der Waals surface area contributed by atoms with E-state index in [1.165, 1.54) is 0 Å². The van der Waals surface area contributed by atoms with Gasteiger partial charge in [-0.05, 0) is 18.4 Å². The number of fused-ring (bicyclic) bond motifs is 1. The Morgan fingerprint density at radius 2 is 2.05 bits per heavy atom. The van der Waals surface area contributed by atoms with Gasteiger partial charge in [0, 0.05) is 19.1 Å². The van der Waals surface area contributed by atoms with Gasteiger partial charge in [0.15, 0.2) is 0 Å². The maximum atomic E-state index is 12.4. The lowest BCUT2D eigenvalue weighted by Gasteiger charge is -2.46. The molecule has 3 aliphatic rings. The largest absolute Gasteiger partial charge is 0.445 e. The highest BCUT2D eigenvalue weighted by Gasteiger charge is 2.66. The Hall–Kier alpha value is -1.59. The number of amides is 1. The van der Waals surface area contributed by atoms with Crippen LogP contribution in [0, 0.1) is 5.41 Å². The molecule has 0 aromatic heterocycles. The van der Waals surface area contributed by atoms with Crippen molar-refractivity contribution in [2.24, 2.45) is 5.41 Å². The van der Waals surface area contributed by atoms with Gasteiger partial charge >= 0.3 is 6.09 Å². The van der Waals surface area contributed by atoms with E-state index in [-0.39, 0.29) is 30.3 Å². The minimum absolute atomic E-state index is 0.112. The molecule has 1 aromatic carbocycles. The Bertz CT molecular complexity index is 510. The topological polar surface area (TPSA) is 59.0 Å². The molecule has 1 N–H and O–H groups in total. The molecule has 21 heavy (non-hydrogen) atoms. The fourth-order valence-corrected chi connectivity index (χ4v) is 3.82. The summed E-state index contributed by atoms with van der Waals surface area (Å²) in [6.07, 6.45) is 1.28. The summed E-state index contributed by atoms with van der Waals surface area (Å²) in [7, 11) is 1.64. The number of benzene rings is 1. The van der Waals surface area contributed by atoms with Crippen molar-refractivity contribution in [2.75, 3.05) is 26.9 Å². The van der Waals surface area contributed by atoms with Crippen LogP contribution in [0.1, 0.15) is 18.4 Å². The van der Waals surface area contributed by atoms with Gasteiger partial charge in [-0.2, -0.15) is 0 Å².